The molecule has 0 saturated heterocycles. The van der Waals surface area contributed by atoms with Crippen molar-refractivity contribution in [3.05, 3.63) is 23.1 Å². The van der Waals surface area contributed by atoms with E-state index in [1.165, 1.54) is 24.2 Å². The number of nitrogens with one attached hydrogen (secondary N) is 1. The van der Waals surface area contributed by atoms with E-state index in [1.54, 1.807) is 7.11 Å². The molecule has 1 aromatic carbocycles. The monoisotopic (exact) mass is 304 g/mol. The van der Waals surface area contributed by atoms with Gasteiger partial charge in [0, 0.05) is 11.2 Å². The Morgan fingerprint density at radius 2 is 2.24 bits per heavy atom. The van der Waals surface area contributed by atoms with Gasteiger partial charge in [-0.1, -0.05) is 13.0 Å². The lowest BCUT2D eigenvalue weighted by Crippen LogP contribution is -2.29. The molecule has 4 nitrogen and oxygen atoms in total. The number of thiophene rings is 1. The molecule has 5 heteroatoms. The molecule has 0 bridgehead atoms. The number of methoxy groups -OCH3 is 1. The molecule has 21 heavy (non-hydrogen) atoms. The van der Waals surface area contributed by atoms with Gasteiger partial charge in [-0.05, 0) is 36.8 Å². The Kier molecular flexibility index (Phi) is 3.53. The second kappa shape index (κ2) is 5.22. The van der Waals surface area contributed by atoms with Gasteiger partial charge in [-0.15, -0.1) is 11.3 Å². The summed E-state index contributed by atoms with van der Waals surface area (Å²) in [5.41, 5.74) is 7.03. The number of fused-ring (bicyclic) bond motifs is 1. The van der Waals surface area contributed by atoms with Crippen LogP contribution in [0.4, 0.5) is 5.69 Å². The summed E-state index contributed by atoms with van der Waals surface area (Å²) >= 11 is 1.42. The lowest BCUT2D eigenvalue weighted by Gasteiger charge is -2.12. The number of amides is 1. The predicted octanol–water partition coefficient (Wildman–Crippen LogP) is 3.41. The zero-order valence-corrected chi connectivity index (χ0v) is 13.2. The summed E-state index contributed by atoms with van der Waals surface area (Å²) in [7, 11) is 1.61. The van der Waals surface area contributed by atoms with Gasteiger partial charge in [-0.3, -0.25) is 4.79 Å². The number of nitrogen functional groups attached to an aromatic ring is 1. The molecule has 0 radical (unpaired) electrons. The van der Waals surface area contributed by atoms with E-state index in [2.05, 4.69) is 12.2 Å². The molecule has 3 rings (SSSR count). The Hall–Kier alpha value is -1.75. The number of carbonyl (C=O) groups excluding carboxylic acids is 1. The molecule has 3 N–H and O–H groups in total. The minimum Gasteiger partial charge on any atom is -0.496 e. The standard InChI is InChI=1S/C16H20N2O2S/c1-3-16(7-8-16)9-18-15(19)14-13(17)12-10(20-2)5-4-6-11(12)21-14/h4-6H,3,7-9,17H2,1-2H3,(H,18,19). The molecule has 1 aromatic heterocycles. The van der Waals surface area contributed by atoms with Gasteiger partial charge in [0.25, 0.3) is 5.91 Å². The lowest BCUT2D eigenvalue weighted by molar-refractivity contribution is 0.0949. The summed E-state index contributed by atoms with van der Waals surface area (Å²) in [6.07, 6.45) is 3.53. The summed E-state index contributed by atoms with van der Waals surface area (Å²) in [5, 5.41) is 3.88. The summed E-state index contributed by atoms with van der Waals surface area (Å²) in [6.45, 7) is 2.92. The van der Waals surface area contributed by atoms with Gasteiger partial charge < -0.3 is 15.8 Å². The molecule has 1 amide bonds. The summed E-state index contributed by atoms with van der Waals surface area (Å²) in [4.78, 5) is 13.0. The Labute approximate surface area is 128 Å². The molecule has 1 saturated carbocycles. The van der Waals surface area contributed by atoms with E-state index in [1.807, 2.05) is 18.2 Å². The minimum absolute atomic E-state index is 0.0736. The van der Waals surface area contributed by atoms with E-state index in [0.717, 1.165) is 23.1 Å². The fraction of sp³-hybridized carbons (Fsp3) is 0.438. The summed E-state index contributed by atoms with van der Waals surface area (Å²) in [5.74, 6) is 0.642. The third kappa shape index (κ3) is 2.46. The zero-order valence-electron chi connectivity index (χ0n) is 12.4. The fourth-order valence-electron chi connectivity index (χ4n) is 2.66. The number of ether oxygens (including phenoxy) is 1. The van der Waals surface area contributed by atoms with E-state index in [-0.39, 0.29) is 5.91 Å². The average molecular weight is 304 g/mol. The molecule has 0 unspecified atom stereocenters. The van der Waals surface area contributed by atoms with Crippen LogP contribution in [0.5, 0.6) is 5.75 Å². The van der Waals surface area contributed by atoms with Gasteiger partial charge in [-0.2, -0.15) is 0 Å². The molecule has 2 aromatic rings. The average Bonchev–Trinajstić information content (AvgIpc) is 3.22. The maximum Gasteiger partial charge on any atom is 0.263 e. The molecule has 112 valence electrons. The number of benzene rings is 1. The molecular formula is C16H20N2O2S. The van der Waals surface area contributed by atoms with Crippen LogP contribution in [-0.4, -0.2) is 19.6 Å². The fourth-order valence-corrected chi connectivity index (χ4v) is 3.71. The number of carbonyl (C=O) groups is 1. The molecule has 0 aliphatic heterocycles. The van der Waals surface area contributed by atoms with Crippen molar-refractivity contribution >= 4 is 33.0 Å². The van der Waals surface area contributed by atoms with E-state index in [0.29, 0.717) is 21.7 Å². The highest BCUT2D eigenvalue weighted by Crippen LogP contribution is 2.48. The first-order valence-corrected chi connectivity index (χ1v) is 8.05. The van der Waals surface area contributed by atoms with Crippen molar-refractivity contribution in [2.24, 2.45) is 5.41 Å². The highest BCUT2D eigenvalue weighted by Gasteiger charge is 2.40. The van der Waals surface area contributed by atoms with Crippen LogP contribution in [0.1, 0.15) is 35.9 Å². The van der Waals surface area contributed by atoms with Crippen molar-refractivity contribution in [3.63, 3.8) is 0 Å². The zero-order chi connectivity index (χ0) is 15.0. The van der Waals surface area contributed by atoms with Crippen molar-refractivity contribution in [1.29, 1.82) is 0 Å². The van der Waals surface area contributed by atoms with E-state index >= 15 is 0 Å². The highest BCUT2D eigenvalue weighted by molar-refractivity contribution is 7.21. The van der Waals surface area contributed by atoms with Gasteiger partial charge in [0.1, 0.15) is 10.6 Å². The first kappa shape index (κ1) is 14.2. The third-order valence-electron chi connectivity index (χ3n) is 4.47. The highest BCUT2D eigenvalue weighted by atomic mass is 32.1. The minimum atomic E-state index is -0.0736. The van der Waals surface area contributed by atoms with Crippen LogP contribution in [-0.2, 0) is 0 Å². The number of nitrogens with two attached hydrogens (primary N) is 1. The SMILES string of the molecule is CCC1(CNC(=O)c2sc3cccc(OC)c3c2N)CC1. The van der Waals surface area contributed by atoms with Crippen molar-refractivity contribution in [3.8, 4) is 5.75 Å². The van der Waals surface area contributed by atoms with Crippen LogP contribution in [0, 0.1) is 5.41 Å². The van der Waals surface area contributed by atoms with Crippen molar-refractivity contribution in [2.75, 3.05) is 19.4 Å². The molecule has 0 atom stereocenters. The quantitative estimate of drug-likeness (QED) is 0.889. The normalized spacial score (nSPS) is 15.9. The molecular weight excluding hydrogens is 284 g/mol. The summed E-state index contributed by atoms with van der Waals surface area (Å²) in [6, 6.07) is 5.74. The van der Waals surface area contributed by atoms with Gasteiger partial charge >= 0.3 is 0 Å². The number of rotatable bonds is 5. The largest absolute Gasteiger partial charge is 0.496 e. The second-order valence-corrected chi connectivity index (χ2v) is 6.77. The number of hydrogen-bond acceptors (Lipinski definition) is 4. The first-order chi connectivity index (χ1) is 10.1. The number of anilines is 1. The van der Waals surface area contributed by atoms with E-state index in [9.17, 15) is 4.79 Å². The Morgan fingerprint density at radius 3 is 2.86 bits per heavy atom. The van der Waals surface area contributed by atoms with Crippen molar-refractivity contribution in [1.82, 2.24) is 5.32 Å². The van der Waals surface area contributed by atoms with Gasteiger partial charge in [0.2, 0.25) is 0 Å². The van der Waals surface area contributed by atoms with Crippen molar-refractivity contribution < 1.29 is 9.53 Å². The molecule has 1 aliphatic rings. The smallest absolute Gasteiger partial charge is 0.263 e. The van der Waals surface area contributed by atoms with Crippen molar-refractivity contribution in [2.45, 2.75) is 26.2 Å². The van der Waals surface area contributed by atoms with Crippen LogP contribution in [0.3, 0.4) is 0 Å². The van der Waals surface area contributed by atoms with Gasteiger partial charge in [0.05, 0.1) is 18.2 Å². The lowest BCUT2D eigenvalue weighted by atomic mass is 10.0. The molecule has 1 fully saturated rings. The number of hydrogen-bond donors (Lipinski definition) is 2. The second-order valence-electron chi connectivity index (χ2n) is 5.71. The predicted molar refractivity (Wildman–Crippen MR) is 87.1 cm³/mol. The topological polar surface area (TPSA) is 64.3 Å². The van der Waals surface area contributed by atoms with E-state index in [4.69, 9.17) is 10.5 Å². The Balaban J connectivity index is 1.86. The third-order valence-corrected chi connectivity index (χ3v) is 5.64. The van der Waals surface area contributed by atoms with E-state index < -0.39 is 0 Å². The maximum atomic E-state index is 12.4. The van der Waals surface area contributed by atoms with Crippen LogP contribution in [0.15, 0.2) is 18.2 Å². The molecule has 0 spiro atoms. The van der Waals surface area contributed by atoms with Crippen LogP contribution >= 0.6 is 11.3 Å². The summed E-state index contributed by atoms with van der Waals surface area (Å²) < 4.78 is 6.32. The maximum absolute atomic E-state index is 12.4. The van der Waals surface area contributed by atoms with Gasteiger partial charge in [0.15, 0.2) is 0 Å². The Morgan fingerprint density at radius 1 is 1.48 bits per heavy atom. The van der Waals surface area contributed by atoms with Gasteiger partial charge in [-0.25, -0.2) is 0 Å². The van der Waals surface area contributed by atoms with Crippen LogP contribution in [0.25, 0.3) is 10.1 Å². The van der Waals surface area contributed by atoms with Crippen LogP contribution in [0.2, 0.25) is 0 Å². The molecule has 1 aliphatic carbocycles. The van der Waals surface area contributed by atoms with Crippen LogP contribution < -0.4 is 15.8 Å². The Bertz CT molecular complexity index is 689. The first-order valence-electron chi connectivity index (χ1n) is 7.23. The molecule has 1 heterocycles.